The third kappa shape index (κ3) is 3.22. The number of rotatable bonds is 4. The number of aryl methyl sites for hydroxylation is 2. The van der Waals surface area contributed by atoms with E-state index in [1.54, 1.807) is 0 Å². The van der Waals surface area contributed by atoms with Gasteiger partial charge in [-0.1, -0.05) is 42.1 Å². The average molecular weight is 315 g/mol. The molecule has 1 amide bonds. The van der Waals surface area contributed by atoms with E-state index in [2.05, 4.69) is 10.1 Å². The molecule has 1 aromatic carbocycles. The van der Waals surface area contributed by atoms with Crippen LogP contribution in [0.15, 0.2) is 45.1 Å². The highest BCUT2D eigenvalue weighted by Crippen LogP contribution is 2.21. The maximum atomic E-state index is 12.2. The average Bonchev–Trinajstić information content (AvgIpc) is 3.14. The van der Waals surface area contributed by atoms with Crippen molar-refractivity contribution < 1.29 is 9.21 Å². The van der Waals surface area contributed by atoms with E-state index < -0.39 is 0 Å². The molecule has 3 rings (SSSR count). The summed E-state index contributed by atoms with van der Waals surface area (Å²) in [6, 6.07) is 9.95. The van der Waals surface area contributed by atoms with Gasteiger partial charge < -0.3 is 4.42 Å². The van der Waals surface area contributed by atoms with Crippen LogP contribution in [0.5, 0.6) is 0 Å². The second-order valence-corrected chi connectivity index (χ2v) is 6.02. The summed E-state index contributed by atoms with van der Waals surface area (Å²) >= 11 is 1.31. The Bertz CT molecular complexity index is 690. The molecule has 0 unspecified atom stereocenters. The van der Waals surface area contributed by atoms with Crippen LogP contribution in [0.3, 0.4) is 0 Å². The van der Waals surface area contributed by atoms with Crippen LogP contribution in [-0.2, 0) is 4.79 Å². The van der Waals surface area contributed by atoms with Gasteiger partial charge in [-0.2, -0.15) is 5.10 Å². The van der Waals surface area contributed by atoms with Gasteiger partial charge in [0.15, 0.2) is 0 Å². The molecule has 0 spiro atoms. The summed E-state index contributed by atoms with van der Waals surface area (Å²) in [5.41, 5.74) is 2.90. The second-order valence-electron chi connectivity index (χ2n) is 5.09. The number of oxazole rings is 1. The largest absolute Gasteiger partial charge is 0.437 e. The molecule has 0 saturated heterocycles. The molecule has 22 heavy (non-hydrogen) atoms. The van der Waals surface area contributed by atoms with Gasteiger partial charge >= 0.3 is 0 Å². The van der Waals surface area contributed by atoms with Gasteiger partial charge in [-0.15, -0.1) is 0 Å². The van der Waals surface area contributed by atoms with Crippen LogP contribution in [0.4, 0.5) is 0 Å². The number of hydrazone groups is 1. The monoisotopic (exact) mass is 315 g/mol. The van der Waals surface area contributed by atoms with Crippen molar-refractivity contribution in [2.24, 2.45) is 5.10 Å². The number of nitrogens with zero attached hydrogens (tertiary/aromatic N) is 3. The van der Waals surface area contributed by atoms with Gasteiger partial charge in [-0.3, -0.25) is 4.79 Å². The van der Waals surface area contributed by atoms with Crippen LogP contribution in [0, 0.1) is 13.8 Å². The fraction of sp³-hybridized carbons (Fsp3) is 0.312. The molecule has 1 aromatic heterocycles. The zero-order valence-electron chi connectivity index (χ0n) is 12.6. The summed E-state index contributed by atoms with van der Waals surface area (Å²) < 4.78 is 5.46. The molecule has 1 aliphatic heterocycles. The SMILES string of the molecule is Cc1nc(SCC(=O)N2CCC(c3ccccc3)=N2)oc1C. The lowest BCUT2D eigenvalue weighted by Gasteiger charge is -2.09. The van der Waals surface area contributed by atoms with Crippen LogP contribution >= 0.6 is 11.8 Å². The molecule has 114 valence electrons. The Morgan fingerprint density at radius 2 is 2.09 bits per heavy atom. The second kappa shape index (κ2) is 6.36. The van der Waals surface area contributed by atoms with Crippen molar-refractivity contribution in [2.45, 2.75) is 25.5 Å². The third-order valence-corrected chi connectivity index (χ3v) is 4.34. The number of amides is 1. The van der Waals surface area contributed by atoms with E-state index in [0.717, 1.165) is 29.2 Å². The highest BCUT2D eigenvalue weighted by atomic mass is 32.2. The van der Waals surface area contributed by atoms with E-state index in [1.165, 1.54) is 16.8 Å². The van der Waals surface area contributed by atoms with Crippen molar-refractivity contribution in [1.82, 2.24) is 9.99 Å². The Morgan fingerprint density at radius 3 is 2.77 bits per heavy atom. The highest BCUT2D eigenvalue weighted by molar-refractivity contribution is 7.99. The number of carbonyl (C=O) groups excluding carboxylic acids is 1. The lowest BCUT2D eigenvalue weighted by atomic mass is 10.1. The lowest BCUT2D eigenvalue weighted by Crippen LogP contribution is -2.25. The lowest BCUT2D eigenvalue weighted by molar-refractivity contribution is -0.127. The number of benzene rings is 1. The van der Waals surface area contributed by atoms with Crippen molar-refractivity contribution in [2.75, 3.05) is 12.3 Å². The van der Waals surface area contributed by atoms with Gasteiger partial charge in [0, 0.05) is 6.42 Å². The molecule has 2 aromatic rings. The summed E-state index contributed by atoms with van der Waals surface area (Å²) in [4.78, 5) is 16.5. The Kier molecular flexibility index (Phi) is 4.29. The van der Waals surface area contributed by atoms with Crippen LogP contribution in [0.2, 0.25) is 0 Å². The minimum atomic E-state index is -0.0237. The highest BCUT2D eigenvalue weighted by Gasteiger charge is 2.22. The summed E-state index contributed by atoms with van der Waals surface area (Å²) in [5, 5.41) is 6.51. The van der Waals surface area contributed by atoms with Crippen molar-refractivity contribution in [1.29, 1.82) is 0 Å². The molecule has 0 bridgehead atoms. The Hall–Kier alpha value is -2.08. The molecule has 6 heteroatoms. The normalized spacial score (nSPS) is 14.3. The molecular formula is C16H17N3O2S. The first-order chi connectivity index (χ1) is 10.6. The molecular weight excluding hydrogens is 298 g/mol. The fourth-order valence-corrected chi connectivity index (χ4v) is 2.95. The maximum absolute atomic E-state index is 12.2. The van der Waals surface area contributed by atoms with Gasteiger partial charge in [0.25, 0.3) is 11.1 Å². The van der Waals surface area contributed by atoms with E-state index in [1.807, 2.05) is 44.2 Å². The third-order valence-electron chi connectivity index (χ3n) is 3.52. The zero-order valence-corrected chi connectivity index (χ0v) is 13.4. The number of thioether (sulfide) groups is 1. The number of aromatic nitrogens is 1. The van der Waals surface area contributed by atoms with Gasteiger partial charge in [-0.05, 0) is 19.4 Å². The predicted octanol–water partition coefficient (Wildman–Crippen LogP) is 3.02. The predicted molar refractivity (Wildman–Crippen MR) is 86.0 cm³/mol. The van der Waals surface area contributed by atoms with Crippen molar-refractivity contribution >= 4 is 23.4 Å². The Morgan fingerprint density at radius 1 is 1.32 bits per heavy atom. The fourth-order valence-electron chi connectivity index (χ4n) is 2.17. The Labute approximate surface area is 133 Å². The number of hydrogen-bond acceptors (Lipinski definition) is 5. The summed E-state index contributed by atoms with van der Waals surface area (Å²) in [7, 11) is 0. The first-order valence-electron chi connectivity index (χ1n) is 7.13. The summed E-state index contributed by atoms with van der Waals surface area (Å²) in [5.74, 6) is 1.05. The van der Waals surface area contributed by atoms with Crippen LogP contribution in [0.25, 0.3) is 0 Å². The molecule has 0 atom stereocenters. The smallest absolute Gasteiger partial charge is 0.256 e. The van der Waals surface area contributed by atoms with Gasteiger partial charge in [-0.25, -0.2) is 9.99 Å². The first kappa shape index (κ1) is 14.8. The first-order valence-corrected chi connectivity index (χ1v) is 8.12. The molecule has 2 heterocycles. The standard InChI is InChI=1S/C16H17N3O2S/c1-11-12(2)21-16(17-11)22-10-15(20)19-9-8-14(18-19)13-6-4-3-5-7-13/h3-7H,8-10H2,1-2H3. The molecule has 0 aliphatic carbocycles. The topological polar surface area (TPSA) is 58.7 Å². The van der Waals surface area contributed by atoms with E-state index in [4.69, 9.17) is 4.42 Å². The van der Waals surface area contributed by atoms with Crippen molar-refractivity contribution in [3.05, 3.63) is 47.3 Å². The van der Waals surface area contributed by atoms with E-state index in [0.29, 0.717) is 11.8 Å². The minimum Gasteiger partial charge on any atom is -0.437 e. The molecule has 0 radical (unpaired) electrons. The van der Waals surface area contributed by atoms with E-state index in [9.17, 15) is 4.79 Å². The molecule has 0 N–H and O–H groups in total. The Balaban J connectivity index is 1.60. The van der Waals surface area contributed by atoms with Crippen molar-refractivity contribution in [3.63, 3.8) is 0 Å². The minimum absolute atomic E-state index is 0.0237. The summed E-state index contributed by atoms with van der Waals surface area (Å²) in [6.45, 7) is 4.39. The van der Waals surface area contributed by atoms with Gasteiger partial charge in [0.05, 0.1) is 23.7 Å². The van der Waals surface area contributed by atoms with Gasteiger partial charge in [0.1, 0.15) is 5.76 Å². The van der Waals surface area contributed by atoms with Gasteiger partial charge in [0.2, 0.25) is 0 Å². The van der Waals surface area contributed by atoms with Crippen LogP contribution < -0.4 is 0 Å². The van der Waals surface area contributed by atoms with E-state index >= 15 is 0 Å². The van der Waals surface area contributed by atoms with Crippen LogP contribution in [0.1, 0.15) is 23.4 Å². The zero-order chi connectivity index (χ0) is 15.5. The molecule has 0 fully saturated rings. The molecule has 5 nitrogen and oxygen atoms in total. The maximum Gasteiger partial charge on any atom is 0.256 e. The molecule has 0 saturated carbocycles. The van der Waals surface area contributed by atoms with Crippen molar-refractivity contribution in [3.8, 4) is 0 Å². The van der Waals surface area contributed by atoms with Crippen LogP contribution in [-0.4, -0.2) is 33.9 Å². The van der Waals surface area contributed by atoms with E-state index in [-0.39, 0.29) is 11.7 Å². The number of hydrogen-bond donors (Lipinski definition) is 0. The molecule has 1 aliphatic rings. The summed E-state index contributed by atoms with van der Waals surface area (Å²) in [6.07, 6.45) is 0.789. The quantitative estimate of drug-likeness (QED) is 0.814. The number of carbonyl (C=O) groups is 1.